The fourth-order valence-corrected chi connectivity index (χ4v) is 0.896. The van der Waals surface area contributed by atoms with Gasteiger partial charge in [-0.3, -0.25) is 4.79 Å². The van der Waals surface area contributed by atoms with E-state index in [9.17, 15) is 4.79 Å². The maximum Gasteiger partial charge on any atom is 0.146 e. The number of rotatable bonds is 6. The summed E-state index contributed by atoms with van der Waals surface area (Å²) < 4.78 is 0. The Labute approximate surface area is 81.4 Å². The topological polar surface area (TPSA) is 29.1 Å². The molecule has 0 aromatic heterocycles. The van der Waals surface area contributed by atoms with Crippen LogP contribution in [-0.2, 0) is 4.79 Å². The van der Waals surface area contributed by atoms with Crippen molar-refractivity contribution < 1.29 is 4.79 Å². The van der Waals surface area contributed by atoms with Gasteiger partial charge in [-0.15, -0.1) is 6.58 Å². The summed E-state index contributed by atoms with van der Waals surface area (Å²) in [6.45, 7) is 10.3. The van der Waals surface area contributed by atoms with Gasteiger partial charge in [-0.25, -0.2) is 0 Å². The summed E-state index contributed by atoms with van der Waals surface area (Å²) >= 11 is 0. The van der Waals surface area contributed by atoms with Crippen molar-refractivity contribution in [3.8, 4) is 0 Å². The third-order valence-electron chi connectivity index (χ3n) is 1.68. The van der Waals surface area contributed by atoms with Crippen molar-refractivity contribution in [2.45, 2.75) is 45.6 Å². The molecule has 0 spiro atoms. The van der Waals surface area contributed by atoms with Crippen molar-refractivity contribution in [3.05, 3.63) is 12.7 Å². The highest BCUT2D eigenvalue weighted by atomic mass is 16.1. The predicted octanol–water partition coefficient (Wildman–Crippen LogP) is 2.30. The summed E-state index contributed by atoms with van der Waals surface area (Å²) in [4.78, 5) is 11.3. The molecule has 0 amide bonds. The molecule has 0 saturated heterocycles. The molecule has 0 rings (SSSR count). The highest BCUT2D eigenvalue weighted by molar-refractivity contribution is 5.80. The third kappa shape index (κ3) is 9.28. The van der Waals surface area contributed by atoms with Crippen LogP contribution in [0.25, 0.3) is 0 Å². The summed E-state index contributed by atoms with van der Waals surface area (Å²) in [6, 6.07) is 0. The minimum Gasteiger partial charge on any atom is -0.305 e. The first kappa shape index (κ1) is 12.4. The number of allylic oxidation sites excluding steroid dienone is 1. The predicted molar refractivity (Wildman–Crippen MR) is 56.8 cm³/mol. The average Bonchev–Trinajstić information content (AvgIpc) is 2.00. The first-order valence-electron chi connectivity index (χ1n) is 4.83. The normalized spacial score (nSPS) is 11.3. The molecule has 0 unspecified atom stereocenters. The second-order valence-electron chi connectivity index (χ2n) is 4.32. The summed E-state index contributed by atoms with van der Waals surface area (Å²) in [6.07, 6.45) is 4.37. The molecule has 13 heavy (non-hydrogen) atoms. The van der Waals surface area contributed by atoms with E-state index in [4.69, 9.17) is 0 Å². The number of unbranched alkanes of at least 4 members (excludes halogenated alkanes) is 1. The summed E-state index contributed by atoms with van der Waals surface area (Å²) in [7, 11) is 0. The summed E-state index contributed by atoms with van der Waals surface area (Å²) in [5, 5.41) is 3.17. The van der Waals surface area contributed by atoms with Crippen LogP contribution in [0.15, 0.2) is 12.7 Å². The highest BCUT2D eigenvalue weighted by Crippen LogP contribution is 2.00. The molecule has 76 valence electrons. The molecule has 0 aromatic rings. The molecule has 0 heterocycles. The Bertz CT molecular complexity index is 167. The van der Waals surface area contributed by atoms with Gasteiger partial charge >= 0.3 is 0 Å². The summed E-state index contributed by atoms with van der Waals surface area (Å²) in [5.41, 5.74) is 0.0358. The molecule has 0 radical (unpaired) electrons. The maximum absolute atomic E-state index is 11.3. The van der Waals surface area contributed by atoms with E-state index >= 15 is 0 Å². The van der Waals surface area contributed by atoms with Crippen LogP contribution in [0.4, 0.5) is 0 Å². The largest absolute Gasteiger partial charge is 0.305 e. The van der Waals surface area contributed by atoms with E-state index in [2.05, 4.69) is 32.7 Å². The zero-order valence-electron chi connectivity index (χ0n) is 9.02. The van der Waals surface area contributed by atoms with Crippen LogP contribution in [0.3, 0.4) is 0 Å². The molecule has 0 bridgehead atoms. The second kappa shape index (κ2) is 5.92. The van der Waals surface area contributed by atoms with E-state index in [1.165, 1.54) is 0 Å². The average molecular weight is 183 g/mol. The van der Waals surface area contributed by atoms with Crippen molar-refractivity contribution in [2.24, 2.45) is 0 Å². The minimum absolute atomic E-state index is 0.0358. The quantitative estimate of drug-likeness (QED) is 0.505. The minimum atomic E-state index is 0.0358. The van der Waals surface area contributed by atoms with Gasteiger partial charge in [0.25, 0.3) is 0 Å². The molecule has 2 heteroatoms. The van der Waals surface area contributed by atoms with Crippen LogP contribution >= 0.6 is 0 Å². The molecule has 0 aliphatic carbocycles. The Morgan fingerprint density at radius 3 is 2.54 bits per heavy atom. The van der Waals surface area contributed by atoms with Crippen LogP contribution in [-0.4, -0.2) is 17.9 Å². The Balaban J connectivity index is 3.46. The SMILES string of the molecule is C=CCCCC(=O)CNC(C)(C)C. The van der Waals surface area contributed by atoms with E-state index in [0.29, 0.717) is 13.0 Å². The van der Waals surface area contributed by atoms with E-state index in [0.717, 1.165) is 12.8 Å². The van der Waals surface area contributed by atoms with Gasteiger partial charge in [-0.05, 0) is 33.6 Å². The highest BCUT2D eigenvalue weighted by Gasteiger charge is 2.10. The number of hydrogen-bond acceptors (Lipinski definition) is 2. The molecule has 0 atom stereocenters. The third-order valence-corrected chi connectivity index (χ3v) is 1.68. The van der Waals surface area contributed by atoms with Crippen molar-refractivity contribution in [3.63, 3.8) is 0 Å². The van der Waals surface area contributed by atoms with Crippen LogP contribution < -0.4 is 5.32 Å². The lowest BCUT2D eigenvalue weighted by molar-refractivity contribution is -0.118. The Hall–Kier alpha value is -0.630. The number of nitrogens with one attached hydrogen (secondary N) is 1. The van der Waals surface area contributed by atoms with Crippen LogP contribution in [0.2, 0.25) is 0 Å². The van der Waals surface area contributed by atoms with E-state index in [1.807, 2.05) is 6.08 Å². The van der Waals surface area contributed by atoms with Crippen molar-refractivity contribution in [2.75, 3.05) is 6.54 Å². The maximum atomic E-state index is 11.3. The van der Waals surface area contributed by atoms with Gasteiger partial charge in [0.2, 0.25) is 0 Å². The van der Waals surface area contributed by atoms with Gasteiger partial charge in [-0.1, -0.05) is 6.08 Å². The molecule has 0 aliphatic heterocycles. The molecular formula is C11H21NO. The molecule has 0 fully saturated rings. The van der Waals surface area contributed by atoms with Crippen LogP contribution in [0.5, 0.6) is 0 Å². The molecule has 2 nitrogen and oxygen atoms in total. The lowest BCUT2D eigenvalue weighted by atomic mass is 10.1. The molecule has 0 saturated carbocycles. The van der Waals surface area contributed by atoms with E-state index in [1.54, 1.807) is 0 Å². The lowest BCUT2D eigenvalue weighted by Crippen LogP contribution is -2.39. The van der Waals surface area contributed by atoms with Gasteiger partial charge in [-0.2, -0.15) is 0 Å². The van der Waals surface area contributed by atoms with E-state index in [-0.39, 0.29) is 11.3 Å². The summed E-state index contributed by atoms with van der Waals surface area (Å²) in [5.74, 6) is 0.289. The van der Waals surface area contributed by atoms with Crippen LogP contribution in [0.1, 0.15) is 40.0 Å². The van der Waals surface area contributed by atoms with Crippen molar-refractivity contribution >= 4 is 5.78 Å². The van der Waals surface area contributed by atoms with E-state index < -0.39 is 0 Å². The van der Waals surface area contributed by atoms with Gasteiger partial charge in [0, 0.05) is 12.0 Å². The Morgan fingerprint density at radius 2 is 2.08 bits per heavy atom. The van der Waals surface area contributed by atoms with Gasteiger partial charge in [0.05, 0.1) is 6.54 Å². The first-order valence-corrected chi connectivity index (χ1v) is 4.83. The lowest BCUT2D eigenvalue weighted by Gasteiger charge is -2.19. The fraction of sp³-hybridized carbons (Fsp3) is 0.727. The first-order chi connectivity index (χ1) is 5.95. The van der Waals surface area contributed by atoms with Crippen molar-refractivity contribution in [1.82, 2.24) is 5.32 Å². The number of carbonyl (C=O) groups is 1. The zero-order valence-corrected chi connectivity index (χ0v) is 9.02. The standard InChI is InChI=1S/C11H21NO/c1-5-6-7-8-10(13)9-12-11(2,3)4/h5,12H,1,6-9H2,2-4H3. The van der Waals surface area contributed by atoms with Crippen LogP contribution in [0, 0.1) is 0 Å². The monoisotopic (exact) mass is 183 g/mol. The molecule has 0 aliphatic rings. The number of ketones is 1. The van der Waals surface area contributed by atoms with Gasteiger partial charge < -0.3 is 5.32 Å². The smallest absolute Gasteiger partial charge is 0.146 e. The fourth-order valence-electron chi connectivity index (χ4n) is 0.896. The number of hydrogen-bond donors (Lipinski definition) is 1. The number of Topliss-reactive ketones (excluding diaryl/α,β-unsaturated/α-hetero) is 1. The second-order valence-corrected chi connectivity index (χ2v) is 4.32. The molecule has 1 N–H and O–H groups in total. The number of carbonyl (C=O) groups excluding carboxylic acids is 1. The van der Waals surface area contributed by atoms with Gasteiger partial charge in [0.15, 0.2) is 0 Å². The Morgan fingerprint density at radius 1 is 1.46 bits per heavy atom. The Kier molecular flexibility index (Phi) is 5.63. The molecule has 0 aromatic carbocycles. The van der Waals surface area contributed by atoms with Gasteiger partial charge in [0.1, 0.15) is 5.78 Å². The zero-order chi connectivity index (χ0) is 10.3. The molecular weight excluding hydrogens is 162 g/mol. The van der Waals surface area contributed by atoms with Crippen molar-refractivity contribution in [1.29, 1.82) is 0 Å².